The smallest absolute Gasteiger partial charge is 0.224 e. The first-order valence-corrected chi connectivity index (χ1v) is 14.0. The first-order chi connectivity index (χ1) is 20.2. The number of halogens is 1. The predicted octanol–water partition coefficient (Wildman–Crippen LogP) is 6.18. The number of rotatable bonds is 8. The summed E-state index contributed by atoms with van der Waals surface area (Å²) in [6, 6.07) is 35.1. The predicted molar refractivity (Wildman–Crippen MR) is 162 cm³/mol. The summed E-state index contributed by atoms with van der Waals surface area (Å²) in [4.78, 5) is 29.4. The highest BCUT2D eigenvalue weighted by molar-refractivity contribution is 5.91. The molecular weight excluding hydrogens is 513 g/mol. The van der Waals surface area contributed by atoms with E-state index in [1.807, 2.05) is 88.7 Å². The molecule has 1 saturated heterocycles. The van der Waals surface area contributed by atoms with Crippen LogP contribution < -0.4 is 9.80 Å². The molecule has 0 radical (unpaired) electrons. The Labute approximate surface area is 239 Å². The third-order valence-corrected chi connectivity index (χ3v) is 7.55. The minimum absolute atomic E-state index is 0.0953. The van der Waals surface area contributed by atoms with Crippen molar-refractivity contribution in [3.63, 3.8) is 0 Å². The van der Waals surface area contributed by atoms with Gasteiger partial charge in [0.2, 0.25) is 5.91 Å². The SMILES string of the molecule is O=C(CCN(Cc1ccccc1)c1nc(-c2ccccc2)nc2ccccc12)N1CCN(c2ccccc2F)CC1. The zero-order chi connectivity index (χ0) is 28.0. The number of benzene rings is 4. The normalized spacial score (nSPS) is 13.4. The van der Waals surface area contributed by atoms with Crippen LogP contribution >= 0.6 is 0 Å². The molecule has 0 spiro atoms. The molecule has 206 valence electrons. The van der Waals surface area contributed by atoms with Crippen LogP contribution in [-0.2, 0) is 11.3 Å². The first kappa shape index (κ1) is 26.4. The van der Waals surface area contributed by atoms with Gasteiger partial charge >= 0.3 is 0 Å². The number of hydrogen-bond donors (Lipinski definition) is 0. The monoisotopic (exact) mass is 545 g/mol. The van der Waals surface area contributed by atoms with Gasteiger partial charge < -0.3 is 14.7 Å². The molecule has 1 aliphatic heterocycles. The number of para-hydroxylation sites is 2. The molecule has 0 saturated carbocycles. The number of carbonyl (C=O) groups excluding carboxylic acids is 1. The number of piperazine rings is 1. The van der Waals surface area contributed by atoms with Crippen LogP contribution in [0.25, 0.3) is 22.3 Å². The molecule has 7 heteroatoms. The molecular formula is C34H32FN5O. The topological polar surface area (TPSA) is 52.6 Å². The number of fused-ring (bicyclic) bond motifs is 1. The third-order valence-electron chi connectivity index (χ3n) is 7.55. The minimum atomic E-state index is -0.226. The van der Waals surface area contributed by atoms with Crippen molar-refractivity contribution in [2.45, 2.75) is 13.0 Å². The van der Waals surface area contributed by atoms with E-state index in [-0.39, 0.29) is 11.7 Å². The lowest BCUT2D eigenvalue weighted by molar-refractivity contribution is -0.131. The molecule has 0 atom stereocenters. The number of amides is 1. The lowest BCUT2D eigenvalue weighted by Crippen LogP contribution is -2.49. The van der Waals surface area contributed by atoms with Crippen molar-refractivity contribution in [3.8, 4) is 11.4 Å². The summed E-state index contributed by atoms with van der Waals surface area (Å²) in [7, 11) is 0. The summed E-state index contributed by atoms with van der Waals surface area (Å²) >= 11 is 0. The van der Waals surface area contributed by atoms with E-state index in [4.69, 9.17) is 9.97 Å². The Morgan fingerprint density at radius 1 is 0.756 bits per heavy atom. The van der Waals surface area contributed by atoms with E-state index in [1.54, 1.807) is 12.1 Å². The fourth-order valence-electron chi connectivity index (χ4n) is 5.37. The molecule has 0 bridgehead atoms. The van der Waals surface area contributed by atoms with E-state index in [0.717, 1.165) is 27.8 Å². The molecule has 0 aliphatic carbocycles. The van der Waals surface area contributed by atoms with E-state index >= 15 is 0 Å². The van der Waals surface area contributed by atoms with Crippen molar-refractivity contribution < 1.29 is 9.18 Å². The van der Waals surface area contributed by atoms with Gasteiger partial charge in [-0.15, -0.1) is 0 Å². The number of carbonyl (C=O) groups is 1. The standard InChI is InChI=1S/C34H32FN5O/c35-29-16-8-10-18-31(29)38-21-23-39(24-22-38)32(41)19-20-40(25-26-11-3-1-4-12-26)34-28-15-7-9-17-30(28)36-33(37-34)27-13-5-2-6-14-27/h1-18H,19-25H2. The molecule has 0 N–H and O–H groups in total. The van der Waals surface area contributed by atoms with E-state index in [0.29, 0.717) is 57.2 Å². The highest BCUT2D eigenvalue weighted by Gasteiger charge is 2.24. The number of anilines is 2. The van der Waals surface area contributed by atoms with Gasteiger partial charge in [-0.1, -0.05) is 84.9 Å². The summed E-state index contributed by atoms with van der Waals surface area (Å²) in [6.07, 6.45) is 0.353. The molecule has 2 heterocycles. The van der Waals surface area contributed by atoms with Crippen molar-refractivity contribution in [3.05, 3.63) is 121 Å². The van der Waals surface area contributed by atoms with Crippen LogP contribution in [0.1, 0.15) is 12.0 Å². The molecule has 41 heavy (non-hydrogen) atoms. The fourth-order valence-corrected chi connectivity index (χ4v) is 5.37. The van der Waals surface area contributed by atoms with Gasteiger partial charge in [0.1, 0.15) is 11.6 Å². The number of aromatic nitrogens is 2. The molecule has 1 aliphatic rings. The van der Waals surface area contributed by atoms with Crippen LogP contribution in [-0.4, -0.2) is 53.5 Å². The summed E-state index contributed by atoms with van der Waals surface area (Å²) < 4.78 is 14.3. The maximum Gasteiger partial charge on any atom is 0.224 e. The average Bonchev–Trinajstić information content (AvgIpc) is 3.03. The Balaban J connectivity index is 1.24. The highest BCUT2D eigenvalue weighted by atomic mass is 19.1. The lowest BCUT2D eigenvalue weighted by Gasteiger charge is -2.36. The van der Waals surface area contributed by atoms with Crippen LogP contribution in [0, 0.1) is 5.82 Å². The third kappa shape index (κ3) is 6.04. The lowest BCUT2D eigenvalue weighted by atomic mass is 10.1. The largest absolute Gasteiger partial charge is 0.366 e. The second kappa shape index (κ2) is 12.2. The first-order valence-electron chi connectivity index (χ1n) is 14.0. The zero-order valence-corrected chi connectivity index (χ0v) is 22.9. The Kier molecular flexibility index (Phi) is 7.85. The van der Waals surface area contributed by atoms with Crippen molar-refractivity contribution in [2.75, 3.05) is 42.5 Å². The van der Waals surface area contributed by atoms with Crippen molar-refractivity contribution in [1.82, 2.24) is 14.9 Å². The maximum absolute atomic E-state index is 14.3. The second-order valence-electron chi connectivity index (χ2n) is 10.2. The van der Waals surface area contributed by atoms with Gasteiger partial charge in [-0.05, 0) is 29.8 Å². The van der Waals surface area contributed by atoms with Crippen molar-refractivity contribution in [1.29, 1.82) is 0 Å². The maximum atomic E-state index is 14.3. The van der Waals surface area contributed by atoms with E-state index < -0.39 is 0 Å². The van der Waals surface area contributed by atoms with Crippen molar-refractivity contribution in [2.24, 2.45) is 0 Å². The average molecular weight is 546 g/mol. The highest BCUT2D eigenvalue weighted by Crippen LogP contribution is 2.29. The Bertz CT molecular complexity index is 1620. The van der Waals surface area contributed by atoms with Crippen LogP contribution in [0.5, 0.6) is 0 Å². The molecule has 6 nitrogen and oxygen atoms in total. The van der Waals surface area contributed by atoms with Crippen LogP contribution in [0.3, 0.4) is 0 Å². The van der Waals surface area contributed by atoms with Gasteiger partial charge in [-0.25, -0.2) is 14.4 Å². The molecule has 5 aromatic rings. The summed E-state index contributed by atoms with van der Waals surface area (Å²) in [5, 5.41) is 0.953. The van der Waals surface area contributed by atoms with E-state index in [9.17, 15) is 9.18 Å². The van der Waals surface area contributed by atoms with Crippen LogP contribution in [0.2, 0.25) is 0 Å². The van der Waals surface area contributed by atoms with Crippen LogP contribution in [0.4, 0.5) is 15.9 Å². The van der Waals surface area contributed by atoms with Gasteiger partial charge in [0.25, 0.3) is 0 Å². The molecule has 6 rings (SSSR count). The number of hydrogen-bond acceptors (Lipinski definition) is 5. The molecule has 0 unspecified atom stereocenters. The molecule has 1 fully saturated rings. The van der Waals surface area contributed by atoms with Gasteiger partial charge in [-0.3, -0.25) is 4.79 Å². The van der Waals surface area contributed by atoms with Gasteiger partial charge in [0.15, 0.2) is 5.82 Å². The molecule has 1 amide bonds. The van der Waals surface area contributed by atoms with E-state index in [1.165, 1.54) is 6.07 Å². The number of nitrogens with zero attached hydrogens (tertiary/aromatic N) is 5. The Morgan fingerprint density at radius 2 is 1.41 bits per heavy atom. The fraction of sp³-hybridized carbons (Fsp3) is 0.206. The van der Waals surface area contributed by atoms with E-state index in [2.05, 4.69) is 17.0 Å². The minimum Gasteiger partial charge on any atom is -0.366 e. The zero-order valence-electron chi connectivity index (χ0n) is 22.9. The summed E-state index contributed by atoms with van der Waals surface area (Å²) in [5.41, 5.74) is 3.55. The summed E-state index contributed by atoms with van der Waals surface area (Å²) in [5.74, 6) is 1.34. The van der Waals surface area contributed by atoms with Crippen molar-refractivity contribution >= 4 is 28.3 Å². The Morgan fingerprint density at radius 3 is 2.17 bits per heavy atom. The van der Waals surface area contributed by atoms with Crippen LogP contribution in [0.15, 0.2) is 109 Å². The van der Waals surface area contributed by atoms with Gasteiger partial charge in [-0.2, -0.15) is 0 Å². The second-order valence-corrected chi connectivity index (χ2v) is 10.2. The summed E-state index contributed by atoms with van der Waals surface area (Å²) in [6.45, 7) is 3.48. The molecule has 4 aromatic carbocycles. The molecule has 1 aromatic heterocycles. The van der Waals surface area contributed by atoms with Gasteiger partial charge in [0.05, 0.1) is 11.2 Å². The quantitative estimate of drug-likeness (QED) is 0.233. The Hall–Kier alpha value is -4.78. The van der Waals surface area contributed by atoms with Gasteiger partial charge in [0, 0.05) is 56.6 Å².